The maximum Gasteiger partial charge on any atom is 0.128 e. The third kappa shape index (κ3) is 1.56. The van der Waals surface area contributed by atoms with Gasteiger partial charge in [-0.15, -0.1) is 0 Å². The predicted octanol–water partition coefficient (Wildman–Crippen LogP) is 2.57. The van der Waals surface area contributed by atoms with Gasteiger partial charge in [-0.3, -0.25) is 0 Å². The van der Waals surface area contributed by atoms with E-state index in [9.17, 15) is 4.39 Å². The second-order valence-electron chi connectivity index (χ2n) is 3.42. The van der Waals surface area contributed by atoms with Gasteiger partial charge in [0.1, 0.15) is 5.82 Å². The Morgan fingerprint density at radius 1 is 1.54 bits per heavy atom. The molecule has 1 fully saturated rings. The van der Waals surface area contributed by atoms with Gasteiger partial charge in [0.2, 0.25) is 0 Å². The summed E-state index contributed by atoms with van der Waals surface area (Å²) in [6.07, 6.45) is 0.844. The summed E-state index contributed by atoms with van der Waals surface area (Å²) in [6.45, 7) is 0.120. The molecule has 0 aliphatic heterocycles. The second-order valence-corrected chi connectivity index (χ2v) is 3.83. The van der Waals surface area contributed by atoms with Crippen LogP contribution in [0.3, 0.4) is 0 Å². The van der Waals surface area contributed by atoms with E-state index in [1.54, 1.807) is 12.1 Å². The van der Waals surface area contributed by atoms with Crippen molar-refractivity contribution < 1.29 is 9.50 Å². The SMILES string of the molecule is OC[C@H]1C[C@@H]1c1c(F)cccc1Cl. The number of aliphatic hydroxyl groups excluding tert-OH is 1. The maximum absolute atomic E-state index is 13.3. The van der Waals surface area contributed by atoms with E-state index in [4.69, 9.17) is 16.7 Å². The molecule has 1 aromatic carbocycles. The van der Waals surface area contributed by atoms with E-state index in [0.29, 0.717) is 10.6 Å². The van der Waals surface area contributed by atoms with Crippen LogP contribution in [0.5, 0.6) is 0 Å². The summed E-state index contributed by atoms with van der Waals surface area (Å²) in [5, 5.41) is 9.33. The molecule has 0 radical (unpaired) electrons. The Hall–Kier alpha value is -0.600. The number of halogens is 2. The first-order chi connectivity index (χ1) is 6.24. The van der Waals surface area contributed by atoms with E-state index in [1.165, 1.54) is 6.07 Å². The van der Waals surface area contributed by atoms with Gasteiger partial charge in [-0.25, -0.2) is 4.39 Å². The Bertz CT molecular complexity index is 306. The molecule has 1 saturated carbocycles. The Morgan fingerprint density at radius 3 is 2.85 bits per heavy atom. The highest BCUT2D eigenvalue weighted by Gasteiger charge is 2.40. The van der Waals surface area contributed by atoms with Crippen LogP contribution in [0.1, 0.15) is 17.9 Å². The number of benzene rings is 1. The van der Waals surface area contributed by atoms with Crippen LogP contribution in [0.4, 0.5) is 4.39 Å². The van der Waals surface area contributed by atoms with Gasteiger partial charge in [0, 0.05) is 17.2 Å². The largest absolute Gasteiger partial charge is 0.396 e. The van der Waals surface area contributed by atoms with Crippen LogP contribution in [0.25, 0.3) is 0 Å². The van der Waals surface area contributed by atoms with Crippen molar-refractivity contribution in [2.75, 3.05) is 6.61 Å². The molecule has 0 saturated heterocycles. The van der Waals surface area contributed by atoms with Crippen molar-refractivity contribution in [1.29, 1.82) is 0 Å². The zero-order valence-corrected chi connectivity index (χ0v) is 7.76. The molecule has 0 spiro atoms. The molecular formula is C10H10ClFO. The van der Waals surface area contributed by atoms with Gasteiger partial charge in [-0.05, 0) is 30.4 Å². The topological polar surface area (TPSA) is 20.2 Å². The van der Waals surface area contributed by atoms with Crippen LogP contribution >= 0.6 is 11.6 Å². The molecule has 70 valence electrons. The average molecular weight is 201 g/mol. The maximum atomic E-state index is 13.3. The molecule has 1 N–H and O–H groups in total. The lowest BCUT2D eigenvalue weighted by atomic mass is 10.1. The first-order valence-electron chi connectivity index (χ1n) is 4.28. The van der Waals surface area contributed by atoms with Gasteiger partial charge in [0.15, 0.2) is 0 Å². The van der Waals surface area contributed by atoms with Crippen LogP contribution in [0.15, 0.2) is 18.2 Å². The minimum absolute atomic E-state index is 0.120. The third-order valence-electron chi connectivity index (χ3n) is 2.53. The molecule has 0 bridgehead atoms. The van der Waals surface area contributed by atoms with Crippen LogP contribution in [-0.2, 0) is 0 Å². The van der Waals surface area contributed by atoms with E-state index in [1.807, 2.05) is 0 Å². The Balaban J connectivity index is 2.30. The van der Waals surface area contributed by atoms with Crippen molar-refractivity contribution in [2.45, 2.75) is 12.3 Å². The zero-order valence-electron chi connectivity index (χ0n) is 7.00. The number of rotatable bonds is 2. The van der Waals surface area contributed by atoms with E-state index in [0.717, 1.165) is 6.42 Å². The normalized spacial score (nSPS) is 26.1. The fraction of sp³-hybridized carbons (Fsp3) is 0.400. The Morgan fingerprint density at radius 2 is 2.31 bits per heavy atom. The molecule has 0 amide bonds. The number of hydrogen-bond donors (Lipinski definition) is 1. The zero-order chi connectivity index (χ0) is 9.42. The molecule has 1 aromatic rings. The predicted molar refractivity (Wildman–Crippen MR) is 49.3 cm³/mol. The van der Waals surface area contributed by atoms with Gasteiger partial charge >= 0.3 is 0 Å². The van der Waals surface area contributed by atoms with E-state index in [-0.39, 0.29) is 24.3 Å². The first kappa shape index (κ1) is 8.97. The van der Waals surface area contributed by atoms with Crippen molar-refractivity contribution in [3.05, 3.63) is 34.6 Å². The number of aliphatic hydroxyl groups is 1. The molecule has 0 aromatic heterocycles. The van der Waals surface area contributed by atoms with Gasteiger partial charge < -0.3 is 5.11 Å². The fourth-order valence-corrected chi connectivity index (χ4v) is 1.97. The van der Waals surface area contributed by atoms with E-state index in [2.05, 4.69) is 0 Å². The Labute approximate surface area is 81.1 Å². The number of hydrogen-bond acceptors (Lipinski definition) is 1. The van der Waals surface area contributed by atoms with Crippen molar-refractivity contribution >= 4 is 11.6 Å². The van der Waals surface area contributed by atoms with E-state index < -0.39 is 0 Å². The van der Waals surface area contributed by atoms with Crippen molar-refractivity contribution in [2.24, 2.45) is 5.92 Å². The summed E-state index contributed by atoms with van der Waals surface area (Å²) in [4.78, 5) is 0. The lowest BCUT2D eigenvalue weighted by Crippen LogP contribution is -1.93. The molecule has 1 aliphatic rings. The highest BCUT2D eigenvalue weighted by Crippen LogP contribution is 2.49. The molecule has 2 rings (SSSR count). The summed E-state index contributed by atoms with van der Waals surface area (Å²) in [5.74, 6) is 0.0709. The van der Waals surface area contributed by atoms with Crippen LogP contribution in [0, 0.1) is 11.7 Å². The summed E-state index contributed by atoms with van der Waals surface area (Å²) in [5.41, 5.74) is 0.572. The molecule has 0 heterocycles. The molecular weight excluding hydrogens is 191 g/mol. The molecule has 13 heavy (non-hydrogen) atoms. The van der Waals surface area contributed by atoms with E-state index >= 15 is 0 Å². The highest BCUT2D eigenvalue weighted by molar-refractivity contribution is 6.31. The average Bonchev–Trinajstić information content (AvgIpc) is 2.83. The highest BCUT2D eigenvalue weighted by atomic mass is 35.5. The smallest absolute Gasteiger partial charge is 0.128 e. The fourth-order valence-electron chi connectivity index (χ4n) is 1.67. The lowest BCUT2D eigenvalue weighted by Gasteiger charge is -2.03. The summed E-state index contributed by atoms with van der Waals surface area (Å²) in [7, 11) is 0. The minimum Gasteiger partial charge on any atom is -0.396 e. The van der Waals surface area contributed by atoms with Crippen LogP contribution < -0.4 is 0 Å². The van der Waals surface area contributed by atoms with Gasteiger partial charge in [0.25, 0.3) is 0 Å². The molecule has 1 aliphatic carbocycles. The summed E-state index contributed by atoms with van der Waals surface area (Å²) in [6, 6.07) is 4.69. The van der Waals surface area contributed by atoms with Gasteiger partial charge in [-0.2, -0.15) is 0 Å². The monoisotopic (exact) mass is 200 g/mol. The molecule has 3 heteroatoms. The third-order valence-corrected chi connectivity index (χ3v) is 2.86. The minimum atomic E-state index is -0.256. The van der Waals surface area contributed by atoms with Crippen molar-refractivity contribution in [1.82, 2.24) is 0 Å². The van der Waals surface area contributed by atoms with Gasteiger partial charge in [0.05, 0.1) is 0 Å². The quantitative estimate of drug-likeness (QED) is 0.778. The van der Waals surface area contributed by atoms with Crippen LogP contribution in [-0.4, -0.2) is 11.7 Å². The lowest BCUT2D eigenvalue weighted by molar-refractivity contribution is 0.273. The molecule has 2 atom stereocenters. The first-order valence-corrected chi connectivity index (χ1v) is 4.66. The van der Waals surface area contributed by atoms with Crippen molar-refractivity contribution in [3.63, 3.8) is 0 Å². The standard InChI is InChI=1S/C10H10ClFO/c11-8-2-1-3-9(12)10(8)7-4-6(7)5-13/h1-3,6-7,13H,4-5H2/t6-,7+/m1/s1. The molecule has 0 unspecified atom stereocenters. The Kier molecular flexibility index (Phi) is 2.26. The second kappa shape index (κ2) is 3.28. The summed E-state index contributed by atoms with van der Waals surface area (Å²) >= 11 is 5.87. The molecule has 1 nitrogen and oxygen atoms in total. The summed E-state index contributed by atoms with van der Waals surface area (Å²) < 4.78 is 13.3. The van der Waals surface area contributed by atoms with Crippen LogP contribution in [0.2, 0.25) is 5.02 Å². The van der Waals surface area contributed by atoms with Crippen molar-refractivity contribution in [3.8, 4) is 0 Å². The van der Waals surface area contributed by atoms with Gasteiger partial charge in [-0.1, -0.05) is 17.7 Å².